The largest absolute Gasteiger partial charge is 0.388 e. The fraction of sp³-hybridized carbons (Fsp3) is 0.667. The molecule has 1 aromatic rings. The predicted octanol–water partition coefficient (Wildman–Crippen LogP) is 4.50. The van der Waals surface area contributed by atoms with Crippen molar-refractivity contribution in [3.8, 4) is 0 Å². The minimum absolute atomic E-state index is 0.228. The van der Waals surface area contributed by atoms with E-state index < -0.39 is 0 Å². The van der Waals surface area contributed by atoms with E-state index in [0.717, 1.165) is 18.3 Å². The molecule has 1 saturated carbocycles. The Labute approximate surface area is 117 Å². The molecule has 0 aliphatic heterocycles. The van der Waals surface area contributed by atoms with Gasteiger partial charge in [-0.15, -0.1) is 0 Å². The SMILES string of the molecule is CC1CCCC(C2CCCc3ccccc3C2O)C1. The van der Waals surface area contributed by atoms with Crippen molar-refractivity contribution in [1.82, 2.24) is 0 Å². The number of rotatable bonds is 1. The van der Waals surface area contributed by atoms with Crippen LogP contribution in [0.1, 0.15) is 62.7 Å². The maximum absolute atomic E-state index is 10.8. The Morgan fingerprint density at radius 1 is 1.05 bits per heavy atom. The van der Waals surface area contributed by atoms with E-state index in [1.807, 2.05) is 0 Å². The van der Waals surface area contributed by atoms with Crippen LogP contribution < -0.4 is 0 Å². The molecule has 1 aromatic carbocycles. The van der Waals surface area contributed by atoms with Gasteiger partial charge in [-0.1, -0.05) is 50.5 Å². The second-order valence-corrected chi connectivity index (χ2v) is 6.73. The van der Waals surface area contributed by atoms with Gasteiger partial charge in [0.05, 0.1) is 6.10 Å². The van der Waals surface area contributed by atoms with Crippen molar-refractivity contribution in [2.75, 3.05) is 0 Å². The number of aryl methyl sites for hydroxylation is 1. The van der Waals surface area contributed by atoms with E-state index in [9.17, 15) is 5.11 Å². The maximum atomic E-state index is 10.8. The van der Waals surface area contributed by atoms with Crippen LogP contribution in [0.4, 0.5) is 0 Å². The molecule has 0 aromatic heterocycles. The molecule has 0 radical (unpaired) electrons. The molecule has 2 aliphatic rings. The smallest absolute Gasteiger partial charge is 0.0823 e. The fourth-order valence-corrected chi connectivity index (χ4v) is 4.33. The fourth-order valence-electron chi connectivity index (χ4n) is 4.33. The standard InChI is InChI=1S/C18H26O/c1-13-6-4-9-15(12-13)17-11-5-8-14-7-2-3-10-16(14)18(17)19/h2-3,7,10,13,15,17-19H,4-6,8-9,11-12H2,1H3. The highest BCUT2D eigenvalue weighted by molar-refractivity contribution is 5.30. The second kappa shape index (κ2) is 5.66. The lowest BCUT2D eigenvalue weighted by atomic mass is 9.72. The van der Waals surface area contributed by atoms with Crippen LogP contribution in [-0.2, 0) is 6.42 Å². The van der Waals surface area contributed by atoms with Crippen LogP contribution in [-0.4, -0.2) is 5.11 Å². The lowest BCUT2D eigenvalue weighted by molar-refractivity contribution is 0.0461. The van der Waals surface area contributed by atoms with Crippen molar-refractivity contribution >= 4 is 0 Å². The van der Waals surface area contributed by atoms with Crippen LogP contribution in [0, 0.1) is 17.8 Å². The zero-order valence-corrected chi connectivity index (χ0v) is 12.0. The van der Waals surface area contributed by atoms with Gasteiger partial charge >= 0.3 is 0 Å². The number of aliphatic hydroxyl groups excluding tert-OH is 1. The van der Waals surface area contributed by atoms with Gasteiger partial charge in [-0.25, -0.2) is 0 Å². The Morgan fingerprint density at radius 3 is 2.74 bits per heavy atom. The van der Waals surface area contributed by atoms with Crippen LogP contribution >= 0.6 is 0 Å². The summed E-state index contributed by atoms with van der Waals surface area (Å²) in [6.07, 6.45) is 8.75. The molecule has 0 saturated heterocycles. The van der Waals surface area contributed by atoms with E-state index in [1.54, 1.807) is 0 Å². The topological polar surface area (TPSA) is 20.2 Å². The van der Waals surface area contributed by atoms with E-state index >= 15 is 0 Å². The average Bonchev–Trinajstić information content (AvgIpc) is 2.59. The van der Waals surface area contributed by atoms with Crippen LogP contribution in [0.15, 0.2) is 24.3 Å². The number of hydrogen-bond donors (Lipinski definition) is 1. The molecule has 4 atom stereocenters. The van der Waals surface area contributed by atoms with Gasteiger partial charge in [0.2, 0.25) is 0 Å². The molecule has 0 amide bonds. The van der Waals surface area contributed by atoms with Gasteiger partial charge in [0, 0.05) is 0 Å². The Kier molecular flexibility index (Phi) is 3.93. The first kappa shape index (κ1) is 13.2. The summed E-state index contributed by atoms with van der Waals surface area (Å²) in [6.45, 7) is 2.38. The van der Waals surface area contributed by atoms with Gasteiger partial charge in [0.15, 0.2) is 0 Å². The average molecular weight is 258 g/mol. The lowest BCUT2D eigenvalue weighted by Gasteiger charge is -2.35. The lowest BCUT2D eigenvalue weighted by Crippen LogP contribution is -2.26. The van der Waals surface area contributed by atoms with E-state index in [4.69, 9.17) is 0 Å². The van der Waals surface area contributed by atoms with Crippen LogP contribution in [0.25, 0.3) is 0 Å². The summed E-state index contributed by atoms with van der Waals surface area (Å²) in [5.74, 6) is 2.08. The molecule has 0 spiro atoms. The highest BCUT2D eigenvalue weighted by atomic mass is 16.3. The summed E-state index contributed by atoms with van der Waals surface area (Å²) in [5, 5.41) is 10.8. The van der Waals surface area contributed by atoms with Gasteiger partial charge in [-0.2, -0.15) is 0 Å². The molecule has 1 heteroatoms. The zero-order chi connectivity index (χ0) is 13.2. The third-order valence-corrected chi connectivity index (χ3v) is 5.35. The van der Waals surface area contributed by atoms with Crippen LogP contribution in [0.2, 0.25) is 0 Å². The Hall–Kier alpha value is -0.820. The van der Waals surface area contributed by atoms with Gasteiger partial charge in [0.1, 0.15) is 0 Å². The van der Waals surface area contributed by atoms with Crippen molar-refractivity contribution in [2.24, 2.45) is 17.8 Å². The zero-order valence-electron chi connectivity index (χ0n) is 12.0. The highest BCUT2D eigenvalue weighted by Crippen LogP contribution is 2.43. The quantitative estimate of drug-likeness (QED) is 0.735. The molecule has 19 heavy (non-hydrogen) atoms. The number of fused-ring (bicyclic) bond motifs is 1. The first-order chi connectivity index (χ1) is 9.25. The van der Waals surface area contributed by atoms with Gasteiger partial charge in [-0.05, 0) is 54.6 Å². The van der Waals surface area contributed by atoms with Crippen LogP contribution in [0.3, 0.4) is 0 Å². The Balaban J connectivity index is 1.83. The summed E-state index contributed by atoms with van der Waals surface area (Å²) in [6, 6.07) is 8.53. The molecule has 104 valence electrons. The minimum atomic E-state index is -0.228. The molecule has 1 nitrogen and oxygen atoms in total. The molecular formula is C18H26O. The molecule has 1 fully saturated rings. The Bertz CT molecular complexity index is 425. The van der Waals surface area contributed by atoms with E-state index in [2.05, 4.69) is 31.2 Å². The highest BCUT2D eigenvalue weighted by Gasteiger charge is 2.34. The van der Waals surface area contributed by atoms with E-state index in [0.29, 0.717) is 5.92 Å². The minimum Gasteiger partial charge on any atom is -0.388 e. The van der Waals surface area contributed by atoms with Crippen molar-refractivity contribution in [3.05, 3.63) is 35.4 Å². The molecule has 1 N–H and O–H groups in total. The van der Waals surface area contributed by atoms with Crippen LogP contribution in [0.5, 0.6) is 0 Å². The molecule has 0 heterocycles. The summed E-state index contributed by atoms with van der Waals surface area (Å²) >= 11 is 0. The number of aliphatic hydroxyl groups is 1. The number of hydrogen-bond acceptors (Lipinski definition) is 1. The third-order valence-electron chi connectivity index (χ3n) is 5.35. The van der Waals surface area contributed by atoms with E-state index in [1.165, 1.54) is 49.7 Å². The molecule has 4 unspecified atom stereocenters. The molecule has 2 aliphatic carbocycles. The van der Waals surface area contributed by atoms with Crippen molar-refractivity contribution < 1.29 is 5.11 Å². The summed E-state index contributed by atoms with van der Waals surface area (Å²) in [5.41, 5.74) is 2.59. The van der Waals surface area contributed by atoms with Gasteiger partial charge in [0.25, 0.3) is 0 Å². The third kappa shape index (κ3) is 2.72. The van der Waals surface area contributed by atoms with Crippen molar-refractivity contribution in [1.29, 1.82) is 0 Å². The summed E-state index contributed by atoms with van der Waals surface area (Å²) in [4.78, 5) is 0. The molecular weight excluding hydrogens is 232 g/mol. The van der Waals surface area contributed by atoms with Crippen molar-refractivity contribution in [2.45, 2.75) is 58.0 Å². The van der Waals surface area contributed by atoms with Gasteiger partial charge in [-0.3, -0.25) is 0 Å². The van der Waals surface area contributed by atoms with Gasteiger partial charge < -0.3 is 5.11 Å². The molecule has 0 bridgehead atoms. The predicted molar refractivity (Wildman–Crippen MR) is 79.0 cm³/mol. The first-order valence-corrected chi connectivity index (χ1v) is 8.01. The Morgan fingerprint density at radius 2 is 1.89 bits per heavy atom. The van der Waals surface area contributed by atoms with Crippen molar-refractivity contribution in [3.63, 3.8) is 0 Å². The summed E-state index contributed by atoms with van der Waals surface area (Å²) in [7, 11) is 0. The first-order valence-electron chi connectivity index (χ1n) is 8.01. The molecule has 3 rings (SSSR count). The maximum Gasteiger partial charge on any atom is 0.0823 e. The number of benzene rings is 1. The van der Waals surface area contributed by atoms with E-state index in [-0.39, 0.29) is 6.10 Å². The monoisotopic (exact) mass is 258 g/mol. The normalized spacial score (nSPS) is 35.5. The summed E-state index contributed by atoms with van der Waals surface area (Å²) < 4.78 is 0. The second-order valence-electron chi connectivity index (χ2n) is 6.73.